The van der Waals surface area contributed by atoms with Crippen molar-refractivity contribution in [1.82, 2.24) is 4.98 Å². The summed E-state index contributed by atoms with van der Waals surface area (Å²) in [6, 6.07) is 9.88. The highest BCUT2D eigenvalue weighted by Crippen LogP contribution is 2.30. The fraction of sp³-hybridized carbons (Fsp3) is 0.353. The molecule has 1 heterocycles. The first-order valence-corrected chi connectivity index (χ1v) is 6.89. The van der Waals surface area contributed by atoms with Gasteiger partial charge >= 0.3 is 0 Å². The molecule has 3 nitrogen and oxygen atoms in total. The lowest BCUT2D eigenvalue weighted by Crippen LogP contribution is -2.14. The van der Waals surface area contributed by atoms with Crippen molar-refractivity contribution in [3.63, 3.8) is 0 Å². The molecular formula is C17H21NO2. The van der Waals surface area contributed by atoms with E-state index < -0.39 is 0 Å². The van der Waals surface area contributed by atoms with Crippen molar-refractivity contribution in [2.45, 2.75) is 39.2 Å². The fourth-order valence-corrected chi connectivity index (χ4v) is 1.94. The third kappa shape index (κ3) is 3.17. The molecule has 2 aromatic rings. The molecule has 1 aromatic carbocycles. The number of aromatic nitrogens is 1. The zero-order chi connectivity index (χ0) is 14.6. The van der Waals surface area contributed by atoms with Crippen LogP contribution in [-0.4, -0.2) is 10.1 Å². The number of ether oxygens (including phenoxy) is 1. The monoisotopic (exact) mass is 271 g/mol. The van der Waals surface area contributed by atoms with E-state index in [-0.39, 0.29) is 12.0 Å². The number of hydrogen-bond acceptors (Lipinski definition) is 3. The van der Waals surface area contributed by atoms with Crippen molar-refractivity contribution in [3.05, 3.63) is 53.9 Å². The van der Waals surface area contributed by atoms with E-state index in [9.17, 15) is 5.11 Å². The van der Waals surface area contributed by atoms with Gasteiger partial charge in [-0.1, -0.05) is 32.9 Å². The van der Waals surface area contributed by atoms with E-state index in [1.54, 1.807) is 18.5 Å². The average Bonchev–Trinajstić information content (AvgIpc) is 2.48. The SMILES string of the molecule is CCC(C)(C)c1ccc(Oc2ccncc2CO)cc1. The molecule has 0 unspecified atom stereocenters. The van der Waals surface area contributed by atoms with Crippen LogP contribution in [0.3, 0.4) is 0 Å². The van der Waals surface area contributed by atoms with Gasteiger partial charge in [-0.25, -0.2) is 0 Å². The van der Waals surface area contributed by atoms with Crippen molar-refractivity contribution >= 4 is 0 Å². The summed E-state index contributed by atoms with van der Waals surface area (Å²) in [5, 5.41) is 9.26. The maximum absolute atomic E-state index is 9.26. The van der Waals surface area contributed by atoms with Crippen LogP contribution in [0.2, 0.25) is 0 Å². The lowest BCUT2D eigenvalue weighted by Gasteiger charge is -2.23. The number of hydrogen-bond donors (Lipinski definition) is 1. The smallest absolute Gasteiger partial charge is 0.136 e. The Balaban J connectivity index is 2.19. The summed E-state index contributed by atoms with van der Waals surface area (Å²) < 4.78 is 5.80. The number of benzene rings is 1. The fourth-order valence-electron chi connectivity index (χ4n) is 1.94. The topological polar surface area (TPSA) is 42.4 Å². The zero-order valence-electron chi connectivity index (χ0n) is 12.3. The molecule has 0 aliphatic rings. The van der Waals surface area contributed by atoms with Crippen molar-refractivity contribution in [2.75, 3.05) is 0 Å². The Morgan fingerprint density at radius 3 is 2.45 bits per heavy atom. The Hall–Kier alpha value is -1.87. The van der Waals surface area contributed by atoms with Crippen LogP contribution >= 0.6 is 0 Å². The minimum Gasteiger partial charge on any atom is -0.457 e. The van der Waals surface area contributed by atoms with Crippen LogP contribution in [0.4, 0.5) is 0 Å². The molecule has 3 heteroatoms. The molecule has 2 rings (SSSR count). The standard InChI is InChI=1S/C17H21NO2/c1-4-17(2,3)14-5-7-15(8-6-14)20-16-9-10-18-11-13(16)12-19/h5-11,19H,4,12H2,1-3H3. The molecule has 0 saturated heterocycles. The summed E-state index contributed by atoms with van der Waals surface area (Å²) in [5.41, 5.74) is 2.15. The largest absolute Gasteiger partial charge is 0.457 e. The molecular weight excluding hydrogens is 250 g/mol. The maximum atomic E-state index is 9.26. The van der Waals surface area contributed by atoms with Gasteiger partial charge in [0.2, 0.25) is 0 Å². The van der Waals surface area contributed by atoms with Crippen molar-refractivity contribution in [2.24, 2.45) is 0 Å². The van der Waals surface area contributed by atoms with Gasteiger partial charge in [0.1, 0.15) is 11.5 Å². The maximum Gasteiger partial charge on any atom is 0.136 e. The van der Waals surface area contributed by atoms with Gasteiger partial charge in [0.05, 0.1) is 6.61 Å². The molecule has 0 spiro atoms. The molecule has 0 radical (unpaired) electrons. The molecule has 1 N–H and O–H groups in total. The highest BCUT2D eigenvalue weighted by Gasteiger charge is 2.17. The predicted octanol–water partition coefficient (Wildman–Crippen LogP) is 4.05. The molecule has 0 aliphatic carbocycles. The van der Waals surface area contributed by atoms with Crippen LogP contribution in [0.25, 0.3) is 0 Å². The third-order valence-corrected chi connectivity index (χ3v) is 3.78. The number of aliphatic hydroxyl groups excluding tert-OH is 1. The number of nitrogens with zero attached hydrogens (tertiary/aromatic N) is 1. The lowest BCUT2D eigenvalue weighted by molar-refractivity contribution is 0.276. The van der Waals surface area contributed by atoms with Crippen LogP contribution in [0.5, 0.6) is 11.5 Å². The first-order chi connectivity index (χ1) is 9.56. The molecule has 0 aliphatic heterocycles. The number of pyridine rings is 1. The zero-order valence-corrected chi connectivity index (χ0v) is 12.3. The van der Waals surface area contributed by atoms with Crippen LogP contribution in [-0.2, 0) is 12.0 Å². The Morgan fingerprint density at radius 2 is 1.85 bits per heavy atom. The highest BCUT2D eigenvalue weighted by molar-refractivity contribution is 5.37. The minimum absolute atomic E-state index is 0.0792. The van der Waals surface area contributed by atoms with Gasteiger partial charge in [0.15, 0.2) is 0 Å². The normalized spacial score (nSPS) is 11.4. The van der Waals surface area contributed by atoms with Crippen molar-refractivity contribution < 1.29 is 9.84 Å². The number of aliphatic hydroxyl groups is 1. The summed E-state index contributed by atoms with van der Waals surface area (Å²) in [7, 11) is 0. The highest BCUT2D eigenvalue weighted by atomic mass is 16.5. The Bertz CT molecular complexity index is 561. The second-order valence-electron chi connectivity index (χ2n) is 5.51. The Morgan fingerprint density at radius 1 is 1.15 bits per heavy atom. The second kappa shape index (κ2) is 6.06. The van der Waals surface area contributed by atoms with E-state index >= 15 is 0 Å². The summed E-state index contributed by atoms with van der Waals surface area (Å²) >= 11 is 0. The van der Waals surface area contributed by atoms with E-state index in [1.165, 1.54) is 5.56 Å². The molecule has 0 saturated carbocycles. The van der Waals surface area contributed by atoms with E-state index in [0.717, 1.165) is 12.2 Å². The van der Waals surface area contributed by atoms with E-state index in [4.69, 9.17) is 4.74 Å². The summed E-state index contributed by atoms with van der Waals surface area (Å²) in [4.78, 5) is 3.98. The first kappa shape index (κ1) is 14.5. The van der Waals surface area contributed by atoms with Gasteiger partial charge in [-0.15, -0.1) is 0 Å². The molecule has 0 amide bonds. The Kier molecular flexibility index (Phi) is 4.40. The average molecular weight is 271 g/mol. The molecule has 0 fully saturated rings. The van der Waals surface area contributed by atoms with Crippen LogP contribution in [0, 0.1) is 0 Å². The first-order valence-electron chi connectivity index (χ1n) is 6.89. The van der Waals surface area contributed by atoms with Gasteiger partial charge in [-0.3, -0.25) is 4.98 Å². The van der Waals surface area contributed by atoms with Crippen LogP contribution in [0.1, 0.15) is 38.3 Å². The van der Waals surface area contributed by atoms with Gasteiger partial charge < -0.3 is 9.84 Å². The van der Waals surface area contributed by atoms with Crippen LogP contribution < -0.4 is 4.74 Å². The van der Waals surface area contributed by atoms with Crippen molar-refractivity contribution in [1.29, 1.82) is 0 Å². The van der Waals surface area contributed by atoms with E-state index in [0.29, 0.717) is 11.3 Å². The molecule has 1 aromatic heterocycles. The van der Waals surface area contributed by atoms with Crippen LogP contribution in [0.15, 0.2) is 42.7 Å². The predicted molar refractivity (Wildman–Crippen MR) is 80.0 cm³/mol. The summed E-state index contributed by atoms with van der Waals surface area (Å²) in [6.07, 6.45) is 4.36. The molecule has 0 atom stereocenters. The molecule has 20 heavy (non-hydrogen) atoms. The minimum atomic E-state index is -0.0792. The number of rotatable bonds is 5. The summed E-state index contributed by atoms with van der Waals surface area (Å²) in [5.74, 6) is 1.41. The molecule has 106 valence electrons. The van der Waals surface area contributed by atoms with Gasteiger partial charge in [-0.05, 0) is 35.6 Å². The lowest BCUT2D eigenvalue weighted by atomic mass is 9.82. The summed E-state index contributed by atoms with van der Waals surface area (Å²) in [6.45, 7) is 6.57. The van der Waals surface area contributed by atoms with E-state index in [2.05, 4.69) is 37.9 Å². The van der Waals surface area contributed by atoms with Gasteiger partial charge in [-0.2, -0.15) is 0 Å². The van der Waals surface area contributed by atoms with Crippen molar-refractivity contribution in [3.8, 4) is 11.5 Å². The van der Waals surface area contributed by atoms with Gasteiger partial charge in [0.25, 0.3) is 0 Å². The van der Waals surface area contributed by atoms with E-state index in [1.807, 2.05) is 12.1 Å². The second-order valence-corrected chi connectivity index (χ2v) is 5.51. The molecule has 0 bridgehead atoms. The Labute approximate surface area is 120 Å². The third-order valence-electron chi connectivity index (χ3n) is 3.78. The van der Waals surface area contributed by atoms with Gasteiger partial charge in [0, 0.05) is 18.0 Å². The quantitative estimate of drug-likeness (QED) is 0.892.